The number of carbonyl (C=O) groups excluding carboxylic acids is 2. The van der Waals surface area contributed by atoms with Gasteiger partial charge in [0.15, 0.2) is 0 Å². The number of hydrogen-bond donors (Lipinski definition) is 1. The van der Waals surface area contributed by atoms with E-state index >= 15 is 0 Å². The second-order valence-corrected chi connectivity index (χ2v) is 8.65. The third-order valence-corrected chi connectivity index (χ3v) is 6.37. The predicted molar refractivity (Wildman–Crippen MR) is 122 cm³/mol. The van der Waals surface area contributed by atoms with Gasteiger partial charge < -0.3 is 19.5 Å². The number of methoxy groups -OCH3 is 1. The van der Waals surface area contributed by atoms with Gasteiger partial charge in [0, 0.05) is 43.1 Å². The highest BCUT2D eigenvalue weighted by molar-refractivity contribution is 5.98. The van der Waals surface area contributed by atoms with Crippen molar-refractivity contribution in [2.45, 2.75) is 58.2 Å². The molecule has 2 amide bonds. The van der Waals surface area contributed by atoms with Crippen molar-refractivity contribution in [2.24, 2.45) is 0 Å². The number of nitrogens with one attached hydrogen (secondary N) is 1. The van der Waals surface area contributed by atoms with Crippen LogP contribution in [0.1, 0.15) is 37.9 Å². The monoisotopic (exact) mass is 421 g/mol. The lowest BCUT2D eigenvalue weighted by atomic mass is 9.97. The normalized spacial score (nSPS) is 20.5. The molecule has 3 heterocycles. The van der Waals surface area contributed by atoms with Crippen molar-refractivity contribution in [2.75, 3.05) is 13.7 Å². The van der Waals surface area contributed by atoms with Crippen LogP contribution in [0, 0.1) is 0 Å². The zero-order chi connectivity index (χ0) is 22.1. The summed E-state index contributed by atoms with van der Waals surface area (Å²) in [6.07, 6.45) is 6.97. The van der Waals surface area contributed by atoms with Crippen LogP contribution in [0.4, 0.5) is 0 Å². The van der Waals surface area contributed by atoms with Gasteiger partial charge in [0.25, 0.3) is 0 Å². The molecule has 2 atom stereocenters. The lowest BCUT2D eigenvalue weighted by molar-refractivity contribution is -0.146. The molecule has 1 N–H and O–H groups in total. The van der Waals surface area contributed by atoms with E-state index in [0.717, 1.165) is 47.2 Å². The number of rotatable bonds is 7. The van der Waals surface area contributed by atoms with E-state index < -0.39 is 6.04 Å². The van der Waals surface area contributed by atoms with Crippen LogP contribution in [0.5, 0.6) is 5.75 Å². The fourth-order valence-corrected chi connectivity index (χ4v) is 4.86. The van der Waals surface area contributed by atoms with Gasteiger partial charge in [0.05, 0.1) is 12.6 Å². The number of piperazine rings is 1. The highest BCUT2D eigenvalue weighted by Gasteiger charge is 2.43. The summed E-state index contributed by atoms with van der Waals surface area (Å²) in [5.41, 5.74) is 4.55. The van der Waals surface area contributed by atoms with Crippen LogP contribution in [0.3, 0.4) is 0 Å². The third-order valence-electron chi connectivity index (χ3n) is 6.37. The Bertz CT molecular complexity index is 1060. The van der Waals surface area contributed by atoms with Crippen molar-refractivity contribution in [1.29, 1.82) is 0 Å². The Balaban J connectivity index is 1.80. The second-order valence-electron chi connectivity index (χ2n) is 8.65. The minimum absolute atomic E-state index is 0.0237. The number of nitrogens with zero attached hydrogens (tertiary/aromatic N) is 2. The van der Waals surface area contributed by atoms with Crippen molar-refractivity contribution in [1.82, 2.24) is 14.8 Å². The number of benzene rings is 1. The summed E-state index contributed by atoms with van der Waals surface area (Å²) >= 11 is 0. The number of amides is 2. The van der Waals surface area contributed by atoms with Crippen LogP contribution >= 0.6 is 0 Å². The third kappa shape index (κ3) is 3.87. The summed E-state index contributed by atoms with van der Waals surface area (Å²) < 4.78 is 7.71. The van der Waals surface area contributed by atoms with Gasteiger partial charge in [0.1, 0.15) is 17.8 Å². The molecular weight excluding hydrogens is 390 g/mol. The number of allylic oxidation sites excluding steroid dienone is 3. The van der Waals surface area contributed by atoms with E-state index in [0.29, 0.717) is 19.5 Å². The molecule has 6 heteroatoms. The summed E-state index contributed by atoms with van der Waals surface area (Å²) in [6, 6.07) is 5.22. The van der Waals surface area contributed by atoms with E-state index in [1.54, 1.807) is 12.0 Å². The molecule has 2 saturated heterocycles. The Labute approximate surface area is 183 Å². The molecule has 0 saturated carbocycles. The summed E-state index contributed by atoms with van der Waals surface area (Å²) in [7, 11) is 1.66. The molecule has 31 heavy (non-hydrogen) atoms. The Morgan fingerprint density at radius 3 is 2.84 bits per heavy atom. The van der Waals surface area contributed by atoms with Crippen LogP contribution in [-0.4, -0.2) is 47.0 Å². The molecule has 2 aliphatic heterocycles. The maximum Gasteiger partial charge on any atom is 0.246 e. The van der Waals surface area contributed by atoms with Gasteiger partial charge >= 0.3 is 0 Å². The fourth-order valence-electron chi connectivity index (χ4n) is 4.86. The van der Waals surface area contributed by atoms with Crippen LogP contribution < -0.4 is 10.1 Å². The Morgan fingerprint density at radius 2 is 2.13 bits per heavy atom. The van der Waals surface area contributed by atoms with Crippen LogP contribution in [0.25, 0.3) is 10.9 Å². The summed E-state index contributed by atoms with van der Waals surface area (Å²) in [5.74, 6) is 0.801. The summed E-state index contributed by atoms with van der Waals surface area (Å²) in [6.45, 7) is 9.45. The van der Waals surface area contributed by atoms with E-state index in [1.165, 1.54) is 5.57 Å². The first-order chi connectivity index (χ1) is 14.9. The maximum absolute atomic E-state index is 13.2. The minimum atomic E-state index is -0.530. The molecule has 2 aromatic rings. The van der Waals surface area contributed by atoms with Gasteiger partial charge in [-0.3, -0.25) is 9.59 Å². The minimum Gasteiger partial charge on any atom is -0.497 e. The summed E-state index contributed by atoms with van der Waals surface area (Å²) in [4.78, 5) is 27.6. The summed E-state index contributed by atoms with van der Waals surface area (Å²) in [5, 5.41) is 4.10. The fraction of sp³-hybridized carbons (Fsp3) is 0.440. The van der Waals surface area contributed by atoms with E-state index in [9.17, 15) is 9.59 Å². The first-order valence-corrected chi connectivity index (χ1v) is 11.0. The topological polar surface area (TPSA) is 63.6 Å². The van der Waals surface area contributed by atoms with E-state index in [4.69, 9.17) is 4.74 Å². The van der Waals surface area contributed by atoms with E-state index in [1.807, 2.05) is 18.2 Å². The SMILES string of the molecule is C=CCn1c(CC=C(C)C)c(C[C@@H]2NC(=O)[C@@H]3CCCN3C2=O)c2ccc(OC)cc21. The van der Waals surface area contributed by atoms with Crippen molar-refractivity contribution >= 4 is 22.7 Å². The average Bonchev–Trinajstić information content (AvgIpc) is 3.35. The van der Waals surface area contributed by atoms with E-state index in [2.05, 4.69) is 42.5 Å². The molecule has 6 nitrogen and oxygen atoms in total. The molecule has 2 aliphatic rings. The zero-order valence-electron chi connectivity index (χ0n) is 18.6. The Kier molecular flexibility index (Phi) is 5.90. The van der Waals surface area contributed by atoms with Crippen LogP contribution in [0.15, 0.2) is 42.5 Å². The molecule has 1 aromatic carbocycles. The molecule has 0 radical (unpaired) electrons. The molecule has 0 aliphatic carbocycles. The first kappa shape index (κ1) is 21.2. The predicted octanol–water partition coefficient (Wildman–Crippen LogP) is 3.38. The quantitative estimate of drug-likeness (QED) is 0.697. The van der Waals surface area contributed by atoms with Gasteiger partial charge in [-0.1, -0.05) is 17.7 Å². The maximum atomic E-state index is 13.2. The zero-order valence-corrected chi connectivity index (χ0v) is 18.6. The molecular formula is C25H31N3O3. The van der Waals surface area contributed by atoms with Crippen molar-refractivity contribution < 1.29 is 14.3 Å². The number of aromatic nitrogens is 1. The molecule has 1 aromatic heterocycles. The lowest BCUT2D eigenvalue weighted by Crippen LogP contribution is -2.61. The molecule has 0 spiro atoms. The molecule has 4 rings (SSSR count). The molecule has 164 valence electrons. The largest absolute Gasteiger partial charge is 0.497 e. The van der Waals surface area contributed by atoms with Gasteiger partial charge in [-0.2, -0.15) is 0 Å². The molecule has 2 fully saturated rings. The number of hydrogen-bond acceptors (Lipinski definition) is 3. The van der Waals surface area contributed by atoms with Crippen LogP contribution in [-0.2, 0) is 29.0 Å². The van der Waals surface area contributed by atoms with Crippen molar-refractivity contribution in [3.05, 3.63) is 53.8 Å². The number of fused-ring (bicyclic) bond motifs is 2. The first-order valence-electron chi connectivity index (χ1n) is 11.0. The number of ether oxygens (including phenoxy) is 1. The highest BCUT2D eigenvalue weighted by Crippen LogP contribution is 2.33. The smallest absolute Gasteiger partial charge is 0.246 e. The Morgan fingerprint density at radius 1 is 1.32 bits per heavy atom. The average molecular weight is 422 g/mol. The molecule has 0 unspecified atom stereocenters. The van der Waals surface area contributed by atoms with Gasteiger partial charge in [-0.25, -0.2) is 0 Å². The van der Waals surface area contributed by atoms with E-state index in [-0.39, 0.29) is 17.9 Å². The lowest BCUT2D eigenvalue weighted by Gasteiger charge is -2.34. The Hall–Kier alpha value is -3.02. The van der Waals surface area contributed by atoms with Crippen molar-refractivity contribution in [3.8, 4) is 5.75 Å². The second kappa shape index (κ2) is 8.61. The standard InChI is InChI=1S/C25H31N3O3/c1-5-12-27-21(11-8-16(2)3)19(18-10-9-17(31-4)14-23(18)27)15-20-25(30)28-13-6-7-22(28)24(29)26-20/h5,8-10,14,20,22H,1,6-7,11-13,15H2,2-4H3,(H,26,29)/t20-,22-/m0/s1. The highest BCUT2D eigenvalue weighted by atomic mass is 16.5. The molecule has 0 bridgehead atoms. The van der Waals surface area contributed by atoms with Crippen LogP contribution in [0.2, 0.25) is 0 Å². The van der Waals surface area contributed by atoms with Gasteiger partial charge in [-0.15, -0.1) is 6.58 Å². The van der Waals surface area contributed by atoms with Gasteiger partial charge in [-0.05, 0) is 44.4 Å². The van der Waals surface area contributed by atoms with Gasteiger partial charge in [0.2, 0.25) is 11.8 Å². The van der Waals surface area contributed by atoms with Crippen molar-refractivity contribution in [3.63, 3.8) is 0 Å². The number of carbonyl (C=O) groups is 2.